The summed E-state index contributed by atoms with van der Waals surface area (Å²) >= 11 is 6.14. The van der Waals surface area contributed by atoms with Crippen molar-refractivity contribution in [3.05, 3.63) is 41.2 Å². The Bertz CT molecular complexity index is 638. The van der Waals surface area contributed by atoms with Crippen LogP contribution in [-0.2, 0) is 0 Å². The minimum atomic E-state index is -0.195. The molecule has 2 aromatic rings. The Hall–Kier alpha value is -1.65. The fourth-order valence-electron chi connectivity index (χ4n) is 2.48. The molecule has 0 bridgehead atoms. The summed E-state index contributed by atoms with van der Waals surface area (Å²) in [6.45, 7) is 1.79. The van der Waals surface area contributed by atoms with Crippen LogP contribution >= 0.6 is 11.6 Å². The number of hydrogen-bond donors (Lipinski definition) is 1. The second kappa shape index (κ2) is 5.77. The van der Waals surface area contributed by atoms with E-state index < -0.39 is 0 Å². The van der Waals surface area contributed by atoms with Crippen LogP contribution in [0.5, 0.6) is 0 Å². The Morgan fingerprint density at radius 3 is 2.75 bits per heavy atom. The zero-order valence-electron chi connectivity index (χ0n) is 11.1. The van der Waals surface area contributed by atoms with Gasteiger partial charge in [0.15, 0.2) is 0 Å². The Kier molecular flexibility index (Phi) is 3.85. The zero-order chi connectivity index (χ0) is 13.9. The van der Waals surface area contributed by atoms with Crippen molar-refractivity contribution >= 4 is 28.3 Å². The number of rotatable bonds is 2. The number of fused-ring (bicyclic) bond motifs is 1. The van der Waals surface area contributed by atoms with Crippen LogP contribution in [-0.4, -0.2) is 29.0 Å². The number of aromatic nitrogens is 1. The van der Waals surface area contributed by atoms with E-state index in [-0.39, 0.29) is 5.91 Å². The smallest absolute Gasteiger partial charge is 0.283 e. The van der Waals surface area contributed by atoms with Crippen LogP contribution in [0.4, 0.5) is 0 Å². The third-order valence-electron chi connectivity index (χ3n) is 3.54. The highest BCUT2D eigenvalue weighted by Crippen LogP contribution is 2.22. The van der Waals surface area contributed by atoms with Crippen LogP contribution in [0.3, 0.4) is 0 Å². The van der Waals surface area contributed by atoms with E-state index in [2.05, 4.69) is 10.4 Å². The molecule has 1 fully saturated rings. The van der Waals surface area contributed by atoms with Gasteiger partial charge in [-0.25, -0.2) is 9.99 Å². The Morgan fingerprint density at radius 2 is 1.95 bits per heavy atom. The van der Waals surface area contributed by atoms with E-state index in [0.29, 0.717) is 10.8 Å². The maximum absolute atomic E-state index is 12.2. The molecule has 3 rings (SSSR count). The second-order valence-corrected chi connectivity index (χ2v) is 5.37. The lowest BCUT2D eigenvalue weighted by atomic mass is 10.1. The lowest BCUT2D eigenvalue weighted by Gasteiger charge is -2.26. The highest BCUT2D eigenvalue weighted by molar-refractivity contribution is 6.34. The molecule has 0 atom stereocenters. The summed E-state index contributed by atoms with van der Waals surface area (Å²) < 4.78 is 0. The van der Waals surface area contributed by atoms with Gasteiger partial charge in [0.05, 0.1) is 0 Å². The molecule has 2 heterocycles. The van der Waals surface area contributed by atoms with Crippen molar-refractivity contribution < 1.29 is 4.79 Å². The molecule has 4 nitrogen and oxygen atoms in total. The molecule has 0 saturated carbocycles. The molecule has 1 N–H and O–H groups in total. The van der Waals surface area contributed by atoms with E-state index in [1.165, 1.54) is 6.42 Å². The van der Waals surface area contributed by atoms with Gasteiger partial charge in [-0.1, -0.05) is 42.3 Å². The van der Waals surface area contributed by atoms with E-state index in [1.54, 1.807) is 6.07 Å². The molecule has 20 heavy (non-hydrogen) atoms. The maximum Gasteiger partial charge on any atom is 0.284 e. The summed E-state index contributed by atoms with van der Waals surface area (Å²) in [5, 5.41) is 4.11. The van der Waals surface area contributed by atoms with Crippen molar-refractivity contribution in [3.63, 3.8) is 0 Å². The van der Waals surface area contributed by atoms with Gasteiger partial charge in [-0.2, -0.15) is 0 Å². The number of nitrogens with one attached hydrogen (secondary N) is 1. The first-order valence-corrected chi connectivity index (χ1v) is 7.23. The van der Waals surface area contributed by atoms with E-state index in [1.807, 2.05) is 29.3 Å². The third-order valence-corrected chi connectivity index (χ3v) is 3.83. The van der Waals surface area contributed by atoms with Crippen LogP contribution in [0.15, 0.2) is 30.3 Å². The lowest BCUT2D eigenvalue weighted by Crippen LogP contribution is -2.45. The molecule has 1 aromatic heterocycles. The quantitative estimate of drug-likeness (QED) is 0.865. The van der Waals surface area contributed by atoms with Crippen molar-refractivity contribution in [2.45, 2.75) is 19.3 Å². The molecule has 104 valence electrons. The first-order chi connectivity index (χ1) is 9.74. The summed E-state index contributed by atoms with van der Waals surface area (Å²) in [5.74, 6) is -0.195. The number of benzene rings is 1. The third kappa shape index (κ3) is 2.76. The molecule has 1 aliphatic heterocycles. The van der Waals surface area contributed by atoms with Crippen molar-refractivity contribution in [2.24, 2.45) is 0 Å². The number of nitrogens with zero attached hydrogens (tertiary/aromatic N) is 2. The van der Waals surface area contributed by atoms with Gasteiger partial charge in [0.2, 0.25) is 0 Å². The van der Waals surface area contributed by atoms with Crippen molar-refractivity contribution in [2.75, 3.05) is 13.1 Å². The van der Waals surface area contributed by atoms with Gasteiger partial charge in [-0.15, -0.1) is 0 Å². The minimum Gasteiger partial charge on any atom is -0.283 e. The van der Waals surface area contributed by atoms with E-state index in [0.717, 1.165) is 36.7 Å². The molecule has 0 aliphatic carbocycles. The van der Waals surface area contributed by atoms with Gasteiger partial charge in [-0.3, -0.25) is 10.2 Å². The predicted molar refractivity (Wildman–Crippen MR) is 79.6 cm³/mol. The summed E-state index contributed by atoms with van der Waals surface area (Å²) in [4.78, 5) is 16.4. The zero-order valence-corrected chi connectivity index (χ0v) is 11.9. The number of amides is 1. The molecule has 1 aliphatic rings. The average Bonchev–Trinajstić information content (AvgIpc) is 2.48. The number of halogens is 1. The van der Waals surface area contributed by atoms with Crippen LogP contribution in [0.25, 0.3) is 10.8 Å². The first kappa shape index (κ1) is 13.3. The fraction of sp³-hybridized carbons (Fsp3) is 0.333. The van der Waals surface area contributed by atoms with Gasteiger partial charge < -0.3 is 0 Å². The molecule has 1 amide bonds. The molecular formula is C15H16ClN3O. The molecule has 1 saturated heterocycles. The minimum absolute atomic E-state index is 0.195. The van der Waals surface area contributed by atoms with Crippen LogP contribution in [0.1, 0.15) is 29.8 Å². The first-order valence-electron chi connectivity index (χ1n) is 6.85. The Morgan fingerprint density at radius 1 is 1.20 bits per heavy atom. The summed E-state index contributed by atoms with van der Waals surface area (Å²) in [6.07, 6.45) is 3.46. The Labute approximate surface area is 122 Å². The van der Waals surface area contributed by atoms with Gasteiger partial charge in [0.25, 0.3) is 5.91 Å². The molecule has 0 spiro atoms. The highest BCUT2D eigenvalue weighted by Gasteiger charge is 2.16. The largest absolute Gasteiger partial charge is 0.284 e. The summed E-state index contributed by atoms with van der Waals surface area (Å²) in [6, 6.07) is 9.44. The topological polar surface area (TPSA) is 45.2 Å². The lowest BCUT2D eigenvalue weighted by molar-refractivity contribution is 0.0745. The standard InChI is InChI=1S/C15H16ClN3O/c16-14-12-7-3-2-6-11(12)10-13(17-14)15(20)18-19-8-4-1-5-9-19/h2-3,6-7,10H,1,4-5,8-9H2,(H,18,20). The number of carbonyl (C=O) groups excluding carboxylic acids is 1. The SMILES string of the molecule is O=C(NN1CCCCC1)c1cc2ccccc2c(Cl)n1. The van der Waals surface area contributed by atoms with Crippen LogP contribution in [0.2, 0.25) is 5.15 Å². The molecular weight excluding hydrogens is 274 g/mol. The van der Waals surface area contributed by atoms with E-state index in [4.69, 9.17) is 11.6 Å². The fourth-order valence-corrected chi connectivity index (χ4v) is 2.74. The average molecular weight is 290 g/mol. The van der Waals surface area contributed by atoms with Crippen molar-refractivity contribution in [3.8, 4) is 0 Å². The van der Waals surface area contributed by atoms with Gasteiger partial charge in [0.1, 0.15) is 10.8 Å². The highest BCUT2D eigenvalue weighted by atomic mass is 35.5. The second-order valence-electron chi connectivity index (χ2n) is 5.01. The maximum atomic E-state index is 12.2. The van der Waals surface area contributed by atoms with Gasteiger partial charge in [-0.05, 0) is 24.3 Å². The normalized spacial score (nSPS) is 16.2. The summed E-state index contributed by atoms with van der Waals surface area (Å²) in [5.41, 5.74) is 3.26. The number of hydrogen-bond acceptors (Lipinski definition) is 3. The van der Waals surface area contributed by atoms with E-state index >= 15 is 0 Å². The molecule has 1 aromatic carbocycles. The number of piperidine rings is 1. The monoisotopic (exact) mass is 289 g/mol. The molecule has 0 radical (unpaired) electrons. The van der Waals surface area contributed by atoms with Gasteiger partial charge in [0, 0.05) is 18.5 Å². The summed E-state index contributed by atoms with van der Waals surface area (Å²) in [7, 11) is 0. The van der Waals surface area contributed by atoms with Crippen molar-refractivity contribution in [1.29, 1.82) is 0 Å². The number of carbonyl (C=O) groups is 1. The molecule has 5 heteroatoms. The number of hydrazine groups is 1. The number of pyridine rings is 1. The Balaban J connectivity index is 1.84. The predicted octanol–water partition coefficient (Wildman–Crippen LogP) is 3.02. The van der Waals surface area contributed by atoms with Gasteiger partial charge >= 0.3 is 0 Å². The molecule has 0 unspecified atom stereocenters. The van der Waals surface area contributed by atoms with Crippen LogP contribution < -0.4 is 5.43 Å². The van der Waals surface area contributed by atoms with E-state index in [9.17, 15) is 4.79 Å². The van der Waals surface area contributed by atoms with Crippen molar-refractivity contribution in [1.82, 2.24) is 15.4 Å². The van der Waals surface area contributed by atoms with Crippen LogP contribution in [0, 0.1) is 0 Å².